The van der Waals surface area contributed by atoms with Crippen LogP contribution in [0.4, 0.5) is 5.69 Å². The van der Waals surface area contributed by atoms with Crippen LogP contribution in [0.15, 0.2) is 35.3 Å². The summed E-state index contributed by atoms with van der Waals surface area (Å²) < 4.78 is 1.66. The van der Waals surface area contributed by atoms with Gasteiger partial charge in [0.05, 0.1) is 10.6 Å². The van der Waals surface area contributed by atoms with Crippen LogP contribution in [0.2, 0.25) is 5.02 Å². The first-order valence-electron chi connectivity index (χ1n) is 9.74. The van der Waals surface area contributed by atoms with Crippen molar-refractivity contribution in [2.24, 2.45) is 0 Å². The smallest absolute Gasteiger partial charge is 0.263 e. The molecular formula is C21H25ClN4O3. The molecule has 2 amide bonds. The molecule has 0 unspecified atom stereocenters. The number of hydrogen-bond donors (Lipinski definition) is 3. The lowest BCUT2D eigenvalue weighted by Crippen LogP contribution is -2.37. The highest BCUT2D eigenvalue weighted by Crippen LogP contribution is 2.22. The Morgan fingerprint density at radius 1 is 1.21 bits per heavy atom. The highest BCUT2D eigenvalue weighted by Gasteiger charge is 2.21. The minimum Gasteiger partial charge on any atom is -0.352 e. The van der Waals surface area contributed by atoms with E-state index in [0.717, 1.165) is 25.9 Å². The molecule has 8 heteroatoms. The third kappa shape index (κ3) is 4.68. The van der Waals surface area contributed by atoms with Crippen molar-refractivity contribution >= 4 is 29.1 Å². The first-order chi connectivity index (χ1) is 13.9. The number of carbonyl (C=O) groups excluding carboxylic acids is 2. The van der Waals surface area contributed by atoms with E-state index in [4.69, 9.17) is 11.6 Å². The Bertz CT molecular complexity index is 980. The van der Waals surface area contributed by atoms with E-state index in [9.17, 15) is 14.4 Å². The molecule has 1 aromatic carbocycles. The van der Waals surface area contributed by atoms with Gasteiger partial charge < -0.3 is 20.5 Å². The van der Waals surface area contributed by atoms with Crippen LogP contribution in [0, 0.1) is 6.92 Å². The number of aromatic nitrogens is 1. The van der Waals surface area contributed by atoms with E-state index < -0.39 is 5.91 Å². The van der Waals surface area contributed by atoms with Gasteiger partial charge in [0, 0.05) is 24.5 Å². The number of pyridine rings is 1. The summed E-state index contributed by atoms with van der Waals surface area (Å²) in [5.74, 6) is -0.767. The van der Waals surface area contributed by atoms with Gasteiger partial charge in [0.2, 0.25) is 0 Å². The second kappa shape index (κ2) is 9.24. The number of hydrogen-bond acceptors (Lipinski definition) is 4. The number of carbonyl (C=O) groups is 2. The molecule has 2 heterocycles. The van der Waals surface area contributed by atoms with Crippen molar-refractivity contribution in [3.63, 3.8) is 0 Å². The van der Waals surface area contributed by atoms with Crippen LogP contribution in [-0.2, 0) is 0 Å². The Kier molecular flexibility index (Phi) is 6.71. The van der Waals surface area contributed by atoms with E-state index in [0.29, 0.717) is 23.4 Å². The highest BCUT2D eigenvalue weighted by molar-refractivity contribution is 6.34. The van der Waals surface area contributed by atoms with Gasteiger partial charge in [-0.3, -0.25) is 14.4 Å². The van der Waals surface area contributed by atoms with Crippen molar-refractivity contribution in [2.75, 3.05) is 25.0 Å². The van der Waals surface area contributed by atoms with E-state index in [1.807, 2.05) is 6.92 Å². The lowest BCUT2D eigenvalue weighted by molar-refractivity contribution is 0.0955. The highest BCUT2D eigenvalue weighted by atomic mass is 35.5. The van der Waals surface area contributed by atoms with Gasteiger partial charge >= 0.3 is 0 Å². The number of nitrogens with zero attached hydrogens (tertiary/aromatic N) is 1. The summed E-state index contributed by atoms with van der Waals surface area (Å²) >= 11 is 6.19. The predicted octanol–water partition coefficient (Wildman–Crippen LogP) is 2.74. The lowest BCUT2D eigenvalue weighted by atomic mass is 10.0. The molecule has 154 valence electrons. The molecule has 3 rings (SSSR count). The van der Waals surface area contributed by atoms with Crippen LogP contribution in [0.25, 0.3) is 0 Å². The van der Waals surface area contributed by atoms with E-state index in [1.165, 1.54) is 6.07 Å². The summed E-state index contributed by atoms with van der Waals surface area (Å²) in [4.78, 5) is 37.8. The molecule has 0 radical (unpaired) electrons. The first-order valence-corrected chi connectivity index (χ1v) is 10.1. The zero-order valence-electron chi connectivity index (χ0n) is 16.5. The van der Waals surface area contributed by atoms with E-state index in [1.54, 1.807) is 35.9 Å². The number of amides is 2. The molecule has 3 N–H and O–H groups in total. The van der Waals surface area contributed by atoms with E-state index in [-0.39, 0.29) is 28.1 Å². The second-order valence-electron chi connectivity index (χ2n) is 7.08. The molecular weight excluding hydrogens is 392 g/mol. The zero-order valence-corrected chi connectivity index (χ0v) is 17.3. The van der Waals surface area contributed by atoms with Crippen LogP contribution < -0.4 is 21.5 Å². The van der Waals surface area contributed by atoms with Gasteiger partial charge in [-0.15, -0.1) is 0 Å². The maximum absolute atomic E-state index is 13.0. The average molecular weight is 417 g/mol. The Balaban J connectivity index is 1.85. The van der Waals surface area contributed by atoms with Crippen molar-refractivity contribution in [2.45, 2.75) is 32.7 Å². The van der Waals surface area contributed by atoms with Crippen molar-refractivity contribution in [3.8, 4) is 0 Å². The number of rotatable bonds is 5. The summed E-state index contributed by atoms with van der Waals surface area (Å²) in [5, 5.41) is 8.91. The van der Waals surface area contributed by atoms with Crippen molar-refractivity contribution in [1.29, 1.82) is 0 Å². The number of nitrogens with one attached hydrogen (secondary N) is 3. The normalized spacial score (nSPS) is 14.4. The third-order valence-electron chi connectivity index (χ3n) is 5.07. The molecule has 2 aromatic rings. The molecule has 0 spiro atoms. The number of anilines is 1. The Labute approximate surface area is 174 Å². The molecule has 1 aliphatic rings. The van der Waals surface area contributed by atoms with Crippen LogP contribution in [0.1, 0.15) is 52.1 Å². The molecule has 0 atom stereocenters. The van der Waals surface area contributed by atoms with Crippen LogP contribution >= 0.6 is 11.6 Å². The van der Waals surface area contributed by atoms with Crippen LogP contribution in [-0.4, -0.2) is 36.0 Å². The van der Waals surface area contributed by atoms with Gasteiger partial charge in [-0.05, 0) is 69.6 Å². The molecule has 1 aliphatic heterocycles. The summed E-state index contributed by atoms with van der Waals surface area (Å²) in [6, 6.07) is 6.53. The molecule has 0 saturated carbocycles. The SMILES string of the molecule is CCNC(=O)c1ccc(NC(=O)c2c(C)ccn(C3CCNCC3)c2=O)cc1Cl. The molecule has 1 aromatic heterocycles. The van der Waals surface area contributed by atoms with Gasteiger partial charge in [-0.25, -0.2) is 0 Å². The van der Waals surface area contributed by atoms with E-state index in [2.05, 4.69) is 16.0 Å². The molecule has 1 fully saturated rings. The quantitative estimate of drug-likeness (QED) is 0.698. The first kappa shape index (κ1) is 21.1. The maximum atomic E-state index is 13.0. The standard InChI is InChI=1S/C21H25ClN4O3/c1-3-24-19(27)16-5-4-14(12-17(16)22)25-20(28)18-13(2)8-11-26(21(18)29)15-6-9-23-10-7-15/h4-5,8,11-12,15,23H,3,6-7,9-10H2,1-2H3,(H,24,27)(H,25,28). The molecule has 1 saturated heterocycles. The third-order valence-corrected chi connectivity index (χ3v) is 5.38. The average Bonchev–Trinajstić information content (AvgIpc) is 2.69. The Hall–Kier alpha value is -2.64. The van der Waals surface area contributed by atoms with Crippen molar-refractivity contribution in [1.82, 2.24) is 15.2 Å². The van der Waals surface area contributed by atoms with Gasteiger partial charge in [0.15, 0.2) is 0 Å². The molecule has 0 aliphatic carbocycles. The minimum atomic E-state index is -0.488. The fourth-order valence-corrected chi connectivity index (χ4v) is 3.78. The van der Waals surface area contributed by atoms with Crippen molar-refractivity contribution in [3.05, 3.63) is 62.5 Å². The van der Waals surface area contributed by atoms with Crippen molar-refractivity contribution < 1.29 is 9.59 Å². The second-order valence-corrected chi connectivity index (χ2v) is 7.48. The lowest BCUT2D eigenvalue weighted by Gasteiger charge is -2.25. The molecule has 29 heavy (non-hydrogen) atoms. The Morgan fingerprint density at radius 3 is 2.59 bits per heavy atom. The fraction of sp³-hybridized carbons (Fsp3) is 0.381. The van der Waals surface area contributed by atoms with Crippen LogP contribution in [0.5, 0.6) is 0 Å². The van der Waals surface area contributed by atoms with E-state index >= 15 is 0 Å². The summed E-state index contributed by atoms with van der Waals surface area (Å²) in [5.41, 5.74) is 1.19. The minimum absolute atomic E-state index is 0.0849. The van der Waals surface area contributed by atoms with Gasteiger partial charge in [0.1, 0.15) is 5.56 Å². The predicted molar refractivity (Wildman–Crippen MR) is 114 cm³/mol. The van der Waals surface area contributed by atoms with Gasteiger partial charge in [0.25, 0.3) is 17.4 Å². The topological polar surface area (TPSA) is 92.2 Å². The maximum Gasteiger partial charge on any atom is 0.263 e. The van der Waals surface area contributed by atoms with Gasteiger partial charge in [-0.1, -0.05) is 11.6 Å². The number of aryl methyl sites for hydroxylation is 1. The molecule has 0 bridgehead atoms. The fourth-order valence-electron chi connectivity index (χ4n) is 3.52. The monoisotopic (exact) mass is 416 g/mol. The Morgan fingerprint density at radius 2 is 1.93 bits per heavy atom. The summed E-state index contributed by atoms with van der Waals surface area (Å²) in [7, 11) is 0. The van der Waals surface area contributed by atoms with Gasteiger partial charge in [-0.2, -0.15) is 0 Å². The largest absolute Gasteiger partial charge is 0.352 e. The summed E-state index contributed by atoms with van der Waals surface area (Å²) in [6.45, 7) is 5.75. The van der Waals surface area contributed by atoms with Crippen LogP contribution in [0.3, 0.4) is 0 Å². The molecule has 7 nitrogen and oxygen atoms in total. The summed E-state index contributed by atoms with van der Waals surface area (Å²) in [6.07, 6.45) is 3.46. The number of benzene rings is 1. The zero-order chi connectivity index (χ0) is 21.0. The number of piperidine rings is 1. The number of halogens is 1.